The lowest BCUT2D eigenvalue weighted by Gasteiger charge is -2.16. The van der Waals surface area contributed by atoms with Gasteiger partial charge in [-0.25, -0.2) is 0 Å². The molecule has 1 heterocycles. The van der Waals surface area contributed by atoms with Crippen LogP contribution in [-0.2, 0) is 16.0 Å². The van der Waals surface area contributed by atoms with Crippen molar-refractivity contribution in [1.82, 2.24) is 4.90 Å². The summed E-state index contributed by atoms with van der Waals surface area (Å²) in [6, 6.07) is 22.8. The quantitative estimate of drug-likeness (QED) is 0.533. The van der Waals surface area contributed by atoms with Gasteiger partial charge in [0.05, 0.1) is 5.57 Å². The van der Waals surface area contributed by atoms with Crippen LogP contribution in [0, 0.1) is 13.8 Å². The Morgan fingerprint density at radius 1 is 0.871 bits per heavy atom. The van der Waals surface area contributed by atoms with Crippen LogP contribution in [0.5, 0.6) is 0 Å². The van der Waals surface area contributed by atoms with Crippen molar-refractivity contribution >= 4 is 34.7 Å². The molecule has 156 valence electrons. The second-order valence-corrected chi connectivity index (χ2v) is 8.13. The lowest BCUT2D eigenvalue weighted by Crippen LogP contribution is -2.34. The van der Waals surface area contributed by atoms with E-state index < -0.39 is 0 Å². The van der Waals surface area contributed by atoms with Crippen molar-refractivity contribution in [2.24, 2.45) is 0 Å². The van der Waals surface area contributed by atoms with Crippen LogP contribution in [0.15, 0.2) is 78.5 Å². The number of carbonyl (C=O) groups is 2. The second-order valence-electron chi connectivity index (χ2n) is 7.70. The zero-order valence-corrected chi connectivity index (χ0v) is 18.2. The Labute approximate surface area is 187 Å². The van der Waals surface area contributed by atoms with Crippen LogP contribution in [0.2, 0.25) is 5.02 Å². The molecule has 0 atom stereocenters. The van der Waals surface area contributed by atoms with E-state index in [1.807, 2.05) is 86.6 Å². The van der Waals surface area contributed by atoms with Gasteiger partial charge in [0.15, 0.2) is 0 Å². The van der Waals surface area contributed by atoms with Gasteiger partial charge in [0.2, 0.25) is 0 Å². The minimum atomic E-state index is -0.307. The molecule has 5 heteroatoms. The average Bonchev–Trinajstić information content (AvgIpc) is 3.00. The summed E-state index contributed by atoms with van der Waals surface area (Å²) in [6.45, 7) is 4.27. The Morgan fingerprint density at radius 3 is 2.29 bits per heavy atom. The van der Waals surface area contributed by atoms with Crippen molar-refractivity contribution in [3.8, 4) is 0 Å². The molecule has 3 aromatic rings. The lowest BCUT2D eigenvalue weighted by atomic mass is 10.0. The third-order valence-corrected chi connectivity index (χ3v) is 5.67. The van der Waals surface area contributed by atoms with Gasteiger partial charge in [-0.1, -0.05) is 66.2 Å². The summed E-state index contributed by atoms with van der Waals surface area (Å²) in [7, 11) is 0. The third kappa shape index (κ3) is 4.39. The molecule has 0 spiro atoms. The molecule has 3 aromatic carbocycles. The molecule has 0 saturated heterocycles. The first kappa shape index (κ1) is 20.9. The van der Waals surface area contributed by atoms with E-state index >= 15 is 0 Å². The number of rotatable bonds is 6. The first-order chi connectivity index (χ1) is 14.9. The number of nitrogens with one attached hydrogen (secondary N) is 1. The molecule has 1 N–H and O–H groups in total. The van der Waals surface area contributed by atoms with E-state index in [9.17, 15) is 9.59 Å². The fraction of sp³-hybridized carbons (Fsp3) is 0.154. The van der Waals surface area contributed by atoms with Gasteiger partial charge in [-0.05, 0) is 60.7 Å². The van der Waals surface area contributed by atoms with E-state index in [-0.39, 0.29) is 11.8 Å². The number of nitrogens with zero attached hydrogens (tertiary/aromatic N) is 1. The Balaban J connectivity index is 1.67. The monoisotopic (exact) mass is 430 g/mol. The number of anilines is 1. The molecule has 1 aliphatic rings. The van der Waals surface area contributed by atoms with Crippen molar-refractivity contribution in [2.45, 2.75) is 20.3 Å². The maximum Gasteiger partial charge on any atom is 0.278 e. The molecule has 0 unspecified atom stereocenters. The van der Waals surface area contributed by atoms with Crippen LogP contribution in [-0.4, -0.2) is 23.3 Å². The van der Waals surface area contributed by atoms with Gasteiger partial charge in [0.25, 0.3) is 11.8 Å². The van der Waals surface area contributed by atoms with Gasteiger partial charge in [0.1, 0.15) is 5.70 Å². The number of aryl methyl sites for hydroxylation is 2. The number of hydrogen-bond donors (Lipinski definition) is 1. The topological polar surface area (TPSA) is 49.4 Å². The zero-order chi connectivity index (χ0) is 22.0. The fourth-order valence-corrected chi connectivity index (χ4v) is 3.79. The van der Waals surface area contributed by atoms with Gasteiger partial charge in [0, 0.05) is 17.3 Å². The van der Waals surface area contributed by atoms with Crippen molar-refractivity contribution in [3.05, 3.63) is 106 Å². The predicted molar refractivity (Wildman–Crippen MR) is 125 cm³/mol. The molecule has 2 amide bonds. The maximum absolute atomic E-state index is 13.3. The molecular formula is C26H23ClN2O2. The molecule has 4 nitrogen and oxygen atoms in total. The largest absolute Gasteiger partial charge is 0.350 e. The van der Waals surface area contributed by atoms with Crippen LogP contribution in [0.3, 0.4) is 0 Å². The molecular weight excluding hydrogens is 408 g/mol. The first-order valence-corrected chi connectivity index (χ1v) is 10.6. The summed E-state index contributed by atoms with van der Waals surface area (Å²) in [6.07, 6.45) is 0.563. The zero-order valence-electron chi connectivity index (χ0n) is 17.5. The lowest BCUT2D eigenvalue weighted by molar-refractivity contribution is -0.136. The van der Waals surface area contributed by atoms with E-state index in [4.69, 9.17) is 11.6 Å². The molecule has 0 fully saturated rings. The Kier molecular flexibility index (Phi) is 5.92. The number of hydrogen-bond acceptors (Lipinski definition) is 3. The highest BCUT2D eigenvalue weighted by Gasteiger charge is 2.39. The molecule has 0 aromatic heterocycles. The molecule has 0 bridgehead atoms. The van der Waals surface area contributed by atoms with Crippen molar-refractivity contribution in [1.29, 1.82) is 0 Å². The molecule has 1 aliphatic heterocycles. The van der Waals surface area contributed by atoms with Crippen LogP contribution in [0.25, 0.3) is 5.57 Å². The van der Waals surface area contributed by atoms with Gasteiger partial charge in [-0.15, -0.1) is 0 Å². The van der Waals surface area contributed by atoms with E-state index in [0.717, 1.165) is 27.9 Å². The van der Waals surface area contributed by atoms with Crippen molar-refractivity contribution < 1.29 is 9.59 Å². The number of imide groups is 1. The van der Waals surface area contributed by atoms with Crippen LogP contribution in [0.1, 0.15) is 22.3 Å². The summed E-state index contributed by atoms with van der Waals surface area (Å²) in [5.41, 5.74) is 5.37. The Morgan fingerprint density at radius 2 is 1.58 bits per heavy atom. The number of amides is 2. The number of carbonyl (C=O) groups excluding carboxylic acids is 2. The maximum atomic E-state index is 13.3. The first-order valence-electron chi connectivity index (χ1n) is 10.2. The average molecular weight is 431 g/mol. The molecule has 0 saturated carbocycles. The van der Waals surface area contributed by atoms with Gasteiger partial charge < -0.3 is 5.32 Å². The molecule has 4 rings (SSSR count). The summed E-state index contributed by atoms with van der Waals surface area (Å²) in [5.74, 6) is -0.586. The molecule has 0 radical (unpaired) electrons. The molecule has 0 aliphatic carbocycles. The standard InChI is InChI=1S/C26H23ClN2O2/c1-17-8-9-18(2)22(16-17)28-24-23(20-6-4-3-5-7-20)25(30)29(26(24)31)15-14-19-10-12-21(27)13-11-19/h3-13,16,28H,14-15H2,1-2H3. The molecule has 31 heavy (non-hydrogen) atoms. The number of benzene rings is 3. The summed E-state index contributed by atoms with van der Waals surface area (Å²) in [4.78, 5) is 28.0. The van der Waals surface area contributed by atoms with E-state index in [1.165, 1.54) is 4.90 Å². The van der Waals surface area contributed by atoms with Crippen molar-refractivity contribution in [3.63, 3.8) is 0 Å². The Hall–Kier alpha value is -3.37. The van der Waals surface area contributed by atoms with Crippen LogP contribution in [0.4, 0.5) is 5.69 Å². The second kappa shape index (κ2) is 8.78. The third-order valence-electron chi connectivity index (χ3n) is 5.42. The minimum Gasteiger partial charge on any atom is -0.350 e. The predicted octanol–water partition coefficient (Wildman–Crippen LogP) is 5.39. The van der Waals surface area contributed by atoms with Crippen LogP contribution < -0.4 is 5.32 Å². The van der Waals surface area contributed by atoms with E-state index in [2.05, 4.69) is 5.32 Å². The Bertz CT molecular complexity index is 1170. The highest BCUT2D eigenvalue weighted by Crippen LogP contribution is 2.31. The van der Waals surface area contributed by atoms with E-state index in [0.29, 0.717) is 29.3 Å². The highest BCUT2D eigenvalue weighted by atomic mass is 35.5. The van der Waals surface area contributed by atoms with E-state index in [1.54, 1.807) is 0 Å². The van der Waals surface area contributed by atoms with Gasteiger partial charge in [-0.3, -0.25) is 14.5 Å². The normalized spacial score (nSPS) is 13.8. The van der Waals surface area contributed by atoms with Crippen LogP contribution >= 0.6 is 11.6 Å². The summed E-state index contributed by atoms with van der Waals surface area (Å²) >= 11 is 5.96. The van der Waals surface area contributed by atoms with Gasteiger partial charge in [-0.2, -0.15) is 0 Å². The SMILES string of the molecule is Cc1ccc(C)c(NC2=C(c3ccccc3)C(=O)N(CCc3ccc(Cl)cc3)C2=O)c1. The van der Waals surface area contributed by atoms with Crippen molar-refractivity contribution in [2.75, 3.05) is 11.9 Å². The summed E-state index contributed by atoms with van der Waals surface area (Å²) in [5, 5.41) is 3.92. The highest BCUT2D eigenvalue weighted by molar-refractivity contribution is 6.36. The van der Waals surface area contributed by atoms with Gasteiger partial charge >= 0.3 is 0 Å². The smallest absolute Gasteiger partial charge is 0.278 e. The number of halogens is 1. The summed E-state index contributed by atoms with van der Waals surface area (Å²) < 4.78 is 0. The minimum absolute atomic E-state index is 0.280. The fourth-order valence-electron chi connectivity index (χ4n) is 3.66.